The van der Waals surface area contributed by atoms with Crippen molar-refractivity contribution in [3.63, 3.8) is 0 Å². The van der Waals surface area contributed by atoms with Crippen LogP contribution < -0.4 is 0 Å². The second-order valence-corrected chi connectivity index (χ2v) is 5.96. The smallest absolute Gasteiger partial charge is 0.0715 e. The van der Waals surface area contributed by atoms with Gasteiger partial charge in [0.1, 0.15) is 0 Å². The van der Waals surface area contributed by atoms with Crippen LogP contribution >= 0.6 is 0 Å². The van der Waals surface area contributed by atoms with Gasteiger partial charge in [-0.05, 0) is 28.5 Å². The maximum absolute atomic E-state index is 8.50. The molecule has 5 rings (SSSR count). The van der Waals surface area contributed by atoms with Gasteiger partial charge in [-0.3, -0.25) is 0 Å². The quantitative estimate of drug-likeness (QED) is 0.336. The molecule has 0 fully saturated rings. The number of nitrogens with zero attached hydrogens (tertiary/aromatic N) is 1. The summed E-state index contributed by atoms with van der Waals surface area (Å²) in [6.45, 7) is 0. The van der Waals surface area contributed by atoms with E-state index in [1.54, 1.807) is 0 Å². The van der Waals surface area contributed by atoms with Crippen LogP contribution in [0, 0.1) is 0 Å². The number of fused-ring (bicyclic) bond motifs is 3. The van der Waals surface area contributed by atoms with Crippen molar-refractivity contribution in [1.29, 1.82) is 0 Å². The number of rotatable bonds is 1. The number of hydrogen-bond donors (Lipinski definition) is 0. The summed E-state index contributed by atoms with van der Waals surface area (Å²) in [6, 6.07) is 29.2. The van der Waals surface area contributed by atoms with Gasteiger partial charge in [0, 0.05) is 16.3 Å². The SMILES string of the molecule is [2H]c1cccc2nc3ccccc3c(-c3cccc4ccccc34)c12. The summed E-state index contributed by atoms with van der Waals surface area (Å²) >= 11 is 0. The van der Waals surface area contributed by atoms with Gasteiger partial charge in [0.2, 0.25) is 0 Å². The molecule has 0 saturated heterocycles. The Hall–Kier alpha value is -3.19. The molecule has 1 heteroatoms. The predicted molar refractivity (Wildman–Crippen MR) is 102 cm³/mol. The largest absolute Gasteiger partial charge is 0.248 e. The maximum atomic E-state index is 8.50. The van der Waals surface area contributed by atoms with Crippen LogP contribution in [-0.2, 0) is 0 Å². The zero-order chi connectivity index (χ0) is 16.8. The molecule has 1 aromatic heterocycles. The molecule has 0 unspecified atom stereocenters. The van der Waals surface area contributed by atoms with Crippen LogP contribution in [0.3, 0.4) is 0 Å². The Bertz CT molecular complexity index is 1250. The topological polar surface area (TPSA) is 12.9 Å². The van der Waals surface area contributed by atoms with Crippen LogP contribution in [0.5, 0.6) is 0 Å². The lowest BCUT2D eigenvalue weighted by Gasteiger charge is -2.13. The lowest BCUT2D eigenvalue weighted by molar-refractivity contribution is 1.50. The number of hydrogen-bond acceptors (Lipinski definition) is 1. The highest BCUT2D eigenvalue weighted by Gasteiger charge is 2.12. The van der Waals surface area contributed by atoms with Gasteiger partial charge in [-0.25, -0.2) is 4.98 Å². The molecule has 5 aromatic rings. The standard InChI is InChI=1S/C23H15N/c1-2-10-17-16(8-1)9-7-13-18(17)23-19-11-3-5-14-21(19)24-22-15-6-4-12-20(22)23/h1-15H/i11D. The van der Waals surface area contributed by atoms with Crippen molar-refractivity contribution in [3.05, 3.63) is 91.0 Å². The third-order valence-corrected chi connectivity index (χ3v) is 4.56. The Balaban J connectivity index is 2.06. The first-order valence-electron chi connectivity index (χ1n) is 8.59. The molecule has 112 valence electrons. The third kappa shape index (κ3) is 1.92. The fourth-order valence-electron chi connectivity index (χ4n) is 3.49. The van der Waals surface area contributed by atoms with E-state index >= 15 is 0 Å². The van der Waals surface area contributed by atoms with Crippen molar-refractivity contribution in [3.8, 4) is 11.1 Å². The van der Waals surface area contributed by atoms with Gasteiger partial charge in [-0.2, -0.15) is 0 Å². The molecule has 0 aliphatic rings. The lowest BCUT2D eigenvalue weighted by atomic mass is 9.92. The molecule has 1 nitrogen and oxygen atoms in total. The van der Waals surface area contributed by atoms with Gasteiger partial charge >= 0.3 is 0 Å². The van der Waals surface area contributed by atoms with Crippen molar-refractivity contribution >= 4 is 32.6 Å². The fourth-order valence-corrected chi connectivity index (χ4v) is 3.49. The summed E-state index contributed by atoms with van der Waals surface area (Å²) in [5.41, 5.74) is 4.09. The zero-order valence-electron chi connectivity index (χ0n) is 14.0. The molecular formula is C23H15N. The highest BCUT2D eigenvalue weighted by atomic mass is 14.7. The minimum atomic E-state index is 0.513. The van der Waals surface area contributed by atoms with Gasteiger partial charge < -0.3 is 0 Å². The van der Waals surface area contributed by atoms with Crippen LogP contribution in [0.2, 0.25) is 0 Å². The molecule has 1 heterocycles. The van der Waals surface area contributed by atoms with E-state index in [4.69, 9.17) is 6.35 Å². The molecule has 0 radical (unpaired) electrons. The minimum Gasteiger partial charge on any atom is -0.248 e. The first-order chi connectivity index (χ1) is 12.3. The maximum Gasteiger partial charge on any atom is 0.0715 e. The van der Waals surface area contributed by atoms with Crippen LogP contribution in [0.15, 0.2) is 91.0 Å². The third-order valence-electron chi connectivity index (χ3n) is 4.56. The van der Waals surface area contributed by atoms with Crippen LogP contribution in [-0.4, -0.2) is 4.98 Å². The first kappa shape index (κ1) is 12.3. The molecule has 0 bridgehead atoms. The summed E-state index contributed by atoms with van der Waals surface area (Å²) in [6.07, 6.45) is 0. The number of aromatic nitrogens is 1. The monoisotopic (exact) mass is 306 g/mol. The van der Waals surface area contributed by atoms with Crippen molar-refractivity contribution in [2.24, 2.45) is 0 Å². The molecule has 0 N–H and O–H groups in total. The second kappa shape index (κ2) is 5.17. The van der Waals surface area contributed by atoms with Crippen molar-refractivity contribution in [2.75, 3.05) is 0 Å². The van der Waals surface area contributed by atoms with Gasteiger partial charge in [0.25, 0.3) is 0 Å². The Morgan fingerprint density at radius 1 is 0.583 bits per heavy atom. The average molecular weight is 306 g/mol. The summed E-state index contributed by atoms with van der Waals surface area (Å²) in [4.78, 5) is 4.78. The van der Waals surface area contributed by atoms with Crippen LogP contribution in [0.1, 0.15) is 1.37 Å². The van der Waals surface area contributed by atoms with Crippen molar-refractivity contribution in [2.45, 2.75) is 0 Å². The molecule has 0 atom stereocenters. The molecule has 24 heavy (non-hydrogen) atoms. The van der Waals surface area contributed by atoms with Crippen molar-refractivity contribution in [1.82, 2.24) is 4.98 Å². The molecule has 0 aliphatic carbocycles. The van der Waals surface area contributed by atoms with E-state index in [2.05, 4.69) is 48.5 Å². The molecule has 0 spiro atoms. The summed E-state index contributed by atoms with van der Waals surface area (Å²) in [7, 11) is 0. The van der Waals surface area contributed by atoms with E-state index in [0.717, 1.165) is 32.9 Å². The van der Waals surface area contributed by atoms with E-state index in [0.29, 0.717) is 6.04 Å². The fraction of sp³-hybridized carbons (Fsp3) is 0. The lowest BCUT2D eigenvalue weighted by Crippen LogP contribution is -1.89. The van der Waals surface area contributed by atoms with E-state index in [1.165, 1.54) is 10.8 Å². The van der Waals surface area contributed by atoms with Crippen LogP contribution in [0.4, 0.5) is 0 Å². The summed E-state index contributed by atoms with van der Waals surface area (Å²) in [5, 5.41) is 4.41. The van der Waals surface area contributed by atoms with E-state index in [9.17, 15) is 0 Å². The van der Waals surface area contributed by atoms with E-state index < -0.39 is 0 Å². The van der Waals surface area contributed by atoms with Gasteiger partial charge in [-0.15, -0.1) is 0 Å². The molecular weight excluding hydrogens is 290 g/mol. The van der Waals surface area contributed by atoms with Gasteiger partial charge in [-0.1, -0.05) is 78.8 Å². The van der Waals surface area contributed by atoms with Crippen molar-refractivity contribution < 1.29 is 1.37 Å². The summed E-state index contributed by atoms with van der Waals surface area (Å²) in [5.74, 6) is 0. The number of benzene rings is 4. The Kier molecular flexibility index (Phi) is 2.64. The highest BCUT2D eigenvalue weighted by Crippen LogP contribution is 2.38. The number of para-hydroxylation sites is 2. The molecule has 0 amide bonds. The van der Waals surface area contributed by atoms with E-state index in [-0.39, 0.29) is 0 Å². The number of pyridine rings is 1. The molecule has 0 aliphatic heterocycles. The molecule has 0 saturated carbocycles. The predicted octanol–water partition coefficient (Wildman–Crippen LogP) is 6.21. The minimum absolute atomic E-state index is 0.513. The van der Waals surface area contributed by atoms with Crippen LogP contribution in [0.25, 0.3) is 43.7 Å². The second-order valence-electron chi connectivity index (χ2n) is 5.96. The molecule has 4 aromatic carbocycles. The van der Waals surface area contributed by atoms with E-state index in [1.807, 2.05) is 36.4 Å². The van der Waals surface area contributed by atoms with Gasteiger partial charge in [0.05, 0.1) is 12.4 Å². The Morgan fingerprint density at radius 2 is 1.25 bits per heavy atom. The average Bonchev–Trinajstić information content (AvgIpc) is 2.66. The zero-order valence-corrected chi connectivity index (χ0v) is 13.0. The Labute approximate surface area is 141 Å². The first-order valence-corrected chi connectivity index (χ1v) is 8.09. The van der Waals surface area contributed by atoms with Gasteiger partial charge in [0.15, 0.2) is 0 Å². The summed E-state index contributed by atoms with van der Waals surface area (Å²) < 4.78 is 8.50. The normalized spacial score (nSPS) is 11.9. The Morgan fingerprint density at radius 3 is 2.17 bits per heavy atom. The highest BCUT2D eigenvalue weighted by molar-refractivity contribution is 6.14.